The third kappa shape index (κ3) is 19.1. The van der Waals surface area contributed by atoms with Gasteiger partial charge < -0.3 is 27.0 Å². The number of quaternary nitrogens is 1. The lowest BCUT2D eigenvalue weighted by Gasteiger charge is -2.39. The van der Waals surface area contributed by atoms with Crippen molar-refractivity contribution in [1.29, 1.82) is 0 Å². The predicted molar refractivity (Wildman–Crippen MR) is 123 cm³/mol. The van der Waals surface area contributed by atoms with Crippen LogP contribution in [-0.2, 0) is 9.59 Å². The van der Waals surface area contributed by atoms with Crippen molar-refractivity contribution >= 4 is 19.5 Å². The molecule has 0 radical (unpaired) electrons. The second-order valence-corrected chi connectivity index (χ2v) is 8.61. The Morgan fingerprint density at radius 1 is 0.733 bits per heavy atom. The van der Waals surface area contributed by atoms with Crippen LogP contribution in [0.4, 0.5) is 12.9 Å². The highest BCUT2D eigenvalue weighted by Crippen LogP contribution is 2.25. The van der Waals surface area contributed by atoms with Crippen LogP contribution in [0.5, 0.6) is 0 Å². The molecule has 3 nitrogen and oxygen atoms in total. The van der Waals surface area contributed by atoms with Crippen molar-refractivity contribution in [2.24, 2.45) is 5.92 Å². The maximum absolute atomic E-state index is 11.9. The van der Waals surface area contributed by atoms with Gasteiger partial charge >= 0.3 is 6.98 Å². The van der Waals surface area contributed by atoms with Crippen molar-refractivity contribution in [3.05, 3.63) is 0 Å². The summed E-state index contributed by atoms with van der Waals surface area (Å²) in [5, 5.41) is 0. The van der Waals surface area contributed by atoms with Gasteiger partial charge in [-0.05, 0) is 32.1 Å². The zero-order chi connectivity index (χ0) is 23.3. The Morgan fingerprint density at radius 2 is 1.13 bits per heavy atom. The fourth-order valence-electron chi connectivity index (χ4n) is 3.79. The van der Waals surface area contributed by atoms with Crippen molar-refractivity contribution < 1.29 is 27.0 Å². The molecule has 0 aliphatic rings. The summed E-state index contributed by atoms with van der Waals surface area (Å²) in [4.78, 5) is 19.9. The smallest absolute Gasteiger partial charge is 0.449 e. The number of unbranched alkanes of at least 4 members (excludes halogenated alkanes) is 4. The first kappa shape index (κ1) is 31.3. The first-order chi connectivity index (χ1) is 14.2. The molecule has 0 aromatic rings. The van der Waals surface area contributed by atoms with Gasteiger partial charge in [0.2, 0.25) is 0 Å². The van der Waals surface area contributed by atoms with Crippen molar-refractivity contribution in [2.45, 2.75) is 105 Å². The average Bonchev–Trinajstić information content (AvgIpc) is 2.70. The first-order valence-corrected chi connectivity index (χ1v) is 12.2. The maximum Gasteiger partial charge on any atom is 0.478 e. The van der Waals surface area contributed by atoms with Gasteiger partial charge in [0.1, 0.15) is 12.6 Å². The Labute approximate surface area is 183 Å². The number of aldehydes is 2. The summed E-state index contributed by atoms with van der Waals surface area (Å²) in [6.45, 7) is 10.2. The summed E-state index contributed by atoms with van der Waals surface area (Å²) in [7, 11) is 0. The quantitative estimate of drug-likeness (QED) is 0.124. The van der Waals surface area contributed by atoms with Crippen LogP contribution < -0.4 is 0 Å². The molecule has 0 aromatic carbocycles. The number of hydrogen-bond acceptors (Lipinski definition) is 2. The molecule has 0 heterocycles. The van der Waals surface area contributed by atoms with E-state index < -0.39 is 19.2 Å². The molecular weight excluding hydrogens is 390 g/mol. The number of rotatable bonds is 19. The molecule has 0 bridgehead atoms. The lowest BCUT2D eigenvalue weighted by Crippen LogP contribution is -2.50. The van der Waals surface area contributed by atoms with Gasteiger partial charge in [-0.15, -0.1) is 0 Å². The second-order valence-electron chi connectivity index (χ2n) is 8.61. The van der Waals surface area contributed by atoms with Crippen LogP contribution in [0.3, 0.4) is 0 Å². The van der Waals surface area contributed by atoms with Crippen molar-refractivity contribution in [2.75, 3.05) is 26.2 Å². The zero-order valence-corrected chi connectivity index (χ0v) is 20.0. The van der Waals surface area contributed by atoms with E-state index in [1.807, 2.05) is 0 Å². The van der Waals surface area contributed by atoms with E-state index in [0.717, 1.165) is 0 Å². The van der Waals surface area contributed by atoms with Gasteiger partial charge in [-0.25, -0.2) is 0 Å². The molecule has 0 aromatic heterocycles. The normalized spacial score (nSPS) is 12.8. The summed E-state index contributed by atoms with van der Waals surface area (Å²) < 4.78 is 37.2. The van der Waals surface area contributed by atoms with Gasteiger partial charge in [0.15, 0.2) is 0 Å². The van der Waals surface area contributed by atoms with E-state index in [1.165, 1.54) is 82.0 Å². The fourth-order valence-corrected chi connectivity index (χ4v) is 3.79. The highest BCUT2D eigenvalue weighted by Gasteiger charge is 2.27. The monoisotopic (exact) mass is 437 g/mol. The molecule has 0 amide bonds. The SMILES string of the molecule is CCCC[N+](CCCC)(CCCC)CCCC.O=CCCC(CC=O)C[B-](F)(F)F. The third-order valence-corrected chi connectivity index (χ3v) is 5.67. The van der Waals surface area contributed by atoms with Crippen molar-refractivity contribution in [3.8, 4) is 0 Å². The largest absolute Gasteiger partial charge is 0.478 e. The third-order valence-electron chi connectivity index (χ3n) is 5.67. The Balaban J connectivity index is 0. The van der Waals surface area contributed by atoms with Gasteiger partial charge in [-0.2, -0.15) is 0 Å². The minimum Gasteiger partial charge on any atom is -0.449 e. The van der Waals surface area contributed by atoms with E-state index >= 15 is 0 Å². The minimum absolute atomic E-state index is 0.0880. The molecule has 1 unspecified atom stereocenters. The van der Waals surface area contributed by atoms with E-state index in [2.05, 4.69) is 27.7 Å². The van der Waals surface area contributed by atoms with Crippen LogP contribution in [0.1, 0.15) is 98.3 Å². The molecule has 0 fully saturated rings. The summed E-state index contributed by atoms with van der Waals surface area (Å²) >= 11 is 0. The molecule has 7 heteroatoms. The maximum atomic E-state index is 11.9. The number of halogens is 3. The van der Waals surface area contributed by atoms with Crippen molar-refractivity contribution in [3.63, 3.8) is 0 Å². The first-order valence-electron chi connectivity index (χ1n) is 12.2. The molecule has 0 saturated carbocycles. The van der Waals surface area contributed by atoms with Crippen LogP contribution in [0.2, 0.25) is 6.32 Å². The summed E-state index contributed by atoms with van der Waals surface area (Å²) in [5.41, 5.74) is 0. The van der Waals surface area contributed by atoms with E-state index in [9.17, 15) is 22.5 Å². The molecule has 0 spiro atoms. The number of carbonyl (C=O) groups excluding carboxylic acids is 2. The average molecular weight is 437 g/mol. The molecule has 0 aliphatic carbocycles. The predicted octanol–water partition coefficient (Wildman–Crippen LogP) is 7.02. The summed E-state index contributed by atoms with van der Waals surface area (Å²) in [6.07, 6.45) is 11.3. The van der Waals surface area contributed by atoms with Gasteiger partial charge in [0.05, 0.1) is 26.2 Å². The lowest BCUT2D eigenvalue weighted by atomic mass is 9.75. The van der Waals surface area contributed by atoms with Gasteiger partial charge in [-0.3, -0.25) is 0 Å². The summed E-state index contributed by atoms with van der Waals surface area (Å²) in [6, 6.07) is 0. The van der Waals surface area contributed by atoms with Gasteiger partial charge in [0.25, 0.3) is 0 Å². The molecule has 0 saturated heterocycles. The Bertz CT molecular complexity index is 369. The van der Waals surface area contributed by atoms with Crippen LogP contribution in [0, 0.1) is 5.92 Å². The Kier molecular flexibility index (Phi) is 21.0. The highest BCUT2D eigenvalue weighted by molar-refractivity contribution is 6.58. The molecule has 0 aliphatic heterocycles. The van der Waals surface area contributed by atoms with Gasteiger partial charge in [-0.1, -0.05) is 65.6 Å². The van der Waals surface area contributed by atoms with Crippen molar-refractivity contribution in [1.82, 2.24) is 0 Å². The van der Waals surface area contributed by atoms with E-state index in [0.29, 0.717) is 12.6 Å². The van der Waals surface area contributed by atoms with Gasteiger partial charge in [0, 0.05) is 12.8 Å². The van der Waals surface area contributed by atoms with E-state index in [4.69, 9.17) is 0 Å². The standard InChI is InChI=1S/C16H36N.C7H11BF3O2/c1-5-9-13-17(14-10-6-2,15-11-7-3)16-12-8-4;9-8(10,11)6-7(3-5-13)2-1-4-12/h5-16H2,1-4H3;4-5,7H,1-3,6H2/q+1;-1. The molecule has 1 atom stereocenters. The van der Waals surface area contributed by atoms with Crippen LogP contribution in [-0.4, -0.2) is 50.2 Å². The topological polar surface area (TPSA) is 34.1 Å². The number of carbonyl (C=O) groups is 2. The second kappa shape index (κ2) is 20.1. The van der Waals surface area contributed by atoms with Crippen LogP contribution >= 0.6 is 0 Å². The number of hydrogen-bond donors (Lipinski definition) is 0. The van der Waals surface area contributed by atoms with E-state index in [-0.39, 0.29) is 19.3 Å². The number of nitrogens with zero attached hydrogens (tertiary/aromatic N) is 1. The molecule has 0 rings (SSSR count). The van der Waals surface area contributed by atoms with Crippen LogP contribution in [0.15, 0.2) is 0 Å². The molecular formula is C23H47BF3NO2. The van der Waals surface area contributed by atoms with E-state index in [1.54, 1.807) is 0 Å². The summed E-state index contributed by atoms with van der Waals surface area (Å²) in [5.74, 6) is -0.720. The zero-order valence-electron chi connectivity index (χ0n) is 20.0. The molecule has 180 valence electrons. The lowest BCUT2D eigenvalue weighted by molar-refractivity contribution is -0.929. The Hall–Kier alpha value is -0.845. The Morgan fingerprint density at radius 3 is 1.40 bits per heavy atom. The fraction of sp³-hybridized carbons (Fsp3) is 0.913. The highest BCUT2D eigenvalue weighted by atomic mass is 19.4. The minimum atomic E-state index is -4.85. The molecule has 0 N–H and O–H groups in total. The van der Waals surface area contributed by atoms with Crippen LogP contribution in [0.25, 0.3) is 0 Å². The molecule has 30 heavy (non-hydrogen) atoms.